The Morgan fingerprint density at radius 2 is 1.02 bits per heavy atom. The number of aryl methyl sites for hydroxylation is 2. The van der Waals surface area contributed by atoms with E-state index in [1.165, 1.54) is 45.3 Å². The highest BCUT2D eigenvalue weighted by Gasteiger charge is 2.43. The molecule has 0 amide bonds. The Bertz CT molecular complexity index is 1410. The minimum Gasteiger partial charge on any atom is -0.808 e. The molecule has 0 aliphatic heterocycles. The lowest BCUT2D eigenvalue weighted by Crippen LogP contribution is -2.54. The highest BCUT2D eigenvalue weighted by Crippen LogP contribution is 2.65. The van der Waals surface area contributed by atoms with Crippen LogP contribution in [0.4, 0.5) is 11.4 Å². The standard InChI is InChI=1S/2C9H17BNO8P2/c1-7-4-5-8(11-3)6-9(7)10(2,20(14,15)18-12)21(16,17)19-13;1-7-4-5-9(11-3)8(6-7)10(2,20(14,15)18-12)21(16,17)19-13/h2*4-6,11-13H,1-3H3,(H,14,15)(H,16,17)/q2*-1/p-8. The quantitative estimate of drug-likeness (QED) is 0.0939. The highest BCUT2D eigenvalue weighted by molar-refractivity contribution is 8.24. The Balaban J connectivity index is 0.000000420. The van der Waals surface area contributed by atoms with Crippen molar-refractivity contribution in [2.45, 2.75) is 27.5 Å². The molecule has 2 aromatic carbocycles. The Morgan fingerprint density at radius 1 is 0.619 bits per heavy atom. The van der Waals surface area contributed by atoms with Crippen molar-refractivity contribution in [3.63, 3.8) is 0 Å². The van der Waals surface area contributed by atoms with Crippen LogP contribution in [0.2, 0.25) is 13.6 Å². The van der Waals surface area contributed by atoms with E-state index >= 15 is 0 Å². The van der Waals surface area contributed by atoms with Gasteiger partial charge in [0.1, 0.15) is 0 Å². The van der Waals surface area contributed by atoms with Gasteiger partial charge in [0, 0.05) is 19.8 Å². The summed E-state index contributed by atoms with van der Waals surface area (Å²) in [5.41, 5.74) is -6.81. The highest BCUT2D eigenvalue weighted by atomic mass is 31.2. The maximum Gasteiger partial charge on any atom is 0.190 e. The van der Waals surface area contributed by atoms with Gasteiger partial charge in [0.15, 0.2) is 11.2 Å². The zero-order valence-electron chi connectivity index (χ0n) is 22.9. The predicted molar refractivity (Wildman–Crippen MR) is 139 cm³/mol. The second-order valence-corrected chi connectivity index (χ2v) is 19.3. The summed E-state index contributed by atoms with van der Waals surface area (Å²) in [6, 6.07) is 8.46. The number of nitrogens with one attached hydrogen (secondary N) is 2. The predicted octanol–water partition coefficient (Wildman–Crippen LogP) is -3.99. The minimum absolute atomic E-state index is 0.115. The van der Waals surface area contributed by atoms with Crippen molar-refractivity contribution in [2.24, 2.45) is 0 Å². The van der Waals surface area contributed by atoms with Gasteiger partial charge in [-0.3, -0.25) is 0 Å². The summed E-state index contributed by atoms with van der Waals surface area (Å²) in [4.78, 5) is 47.6. The van der Waals surface area contributed by atoms with Crippen molar-refractivity contribution >= 4 is 63.4 Å². The molecule has 0 aliphatic carbocycles. The van der Waals surface area contributed by atoms with E-state index in [9.17, 15) is 58.9 Å². The topological polar surface area (TPSA) is 314 Å². The molecule has 0 aliphatic rings. The average Bonchev–Trinajstić information content (AvgIpc) is 2.96. The first kappa shape index (κ1) is 38.6. The van der Waals surface area contributed by atoms with Crippen molar-refractivity contribution in [3.05, 3.63) is 47.5 Å². The van der Waals surface area contributed by atoms with E-state index in [-0.39, 0.29) is 22.2 Å². The zero-order valence-corrected chi connectivity index (χ0v) is 26.5. The van der Waals surface area contributed by atoms with Crippen LogP contribution in [0.3, 0.4) is 0 Å². The van der Waals surface area contributed by atoms with E-state index in [0.717, 1.165) is 13.6 Å². The van der Waals surface area contributed by atoms with Crippen LogP contribution in [0.1, 0.15) is 11.1 Å². The minimum atomic E-state index is -5.50. The molecular formula is C18H26B2N2O16P4-10. The van der Waals surface area contributed by atoms with Gasteiger partial charge in [0.2, 0.25) is 0 Å². The number of benzene rings is 2. The van der Waals surface area contributed by atoms with Gasteiger partial charge in [0.25, 0.3) is 0 Å². The van der Waals surface area contributed by atoms with Gasteiger partial charge < -0.3 is 88.2 Å². The first-order valence-corrected chi connectivity index (χ1v) is 18.0. The SMILES string of the molecule is CNc1ccc(C)c([B-](C)(P(=O)([O-])O[O-])P(=O)([O-])O[O-])c1.CNc1ccc(C)cc1[B-](C)(P(=O)([O-])O[O-])P(=O)([O-])O[O-]. The molecular weight excluding hydrogens is 646 g/mol. The fourth-order valence-corrected chi connectivity index (χ4v) is 10.4. The van der Waals surface area contributed by atoms with E-state index in [1.807, 2.05) is 0 Å². The molecule has 0 saturated heterocycles. The fourth-order valence-electron chi connectivity index (χ4n) is 4.11. The maximum absolute atomic E-state index is 11.9. The molecule has 0 heterocycles. The second kappa shape index (κ2) is 14.1. The molecule has 4 atom stereocenters. The van der Waals surface area contributed by atoms with Gasteiger partial charge >= 0.3 is 0 Å². The average molecular weight is 672 g/mol. The van der Waals surface area contributed by atoms with Gasteiger partial charge in [-0.1, -0.05) is 35.4 Å². The van der Waals surface area contributed by atoms with Crippen LogP contribution in [-0.2, 0) is 37.0 Å². The zero-order chi connectivity index (χ0) is 32.9. The molecule has 0 radical (unpaired) electrons. The van der Waals surface area contributed by atoms with Crippen molar-refractivity contribution < 1.29 is 77.6 Å². The number of hydrogen-bond donors (Lipinski definition) is 2. The Kier molecular flexibility index (Phi) is 13.0. The van der Waals surface area contributed by atoms with E-state index in [4.69, 9.17) is 0 Å². The molecule has 0 bridgehead atoms. The summed E-state index contributed by atoms with van der Waals surface area (Å²) in [6.07, 6.45) is 0. The fraction of sp³-hybridized carbons (Fsp3) is 0.333. The van der Waals surface area contributed by atoms with Crippen LogP contribution < -0.4 is 62.2 Å². The summed E-state index contributed by atoms with van der Waals surface area (Å²) in [6.45, 7) is 4.48. The third-order valence-corrected chi connectivity index (χ3v) is 17.4. The lowest BCUT2D eigenvalue weighted by Gasteiger charge is -2.58. The number of anilines is 2. The van der Waals surface area contributed by atoms with E-state index in [1.54, 1.807) is 19.1 Å². The molecule has 2 N–H and O–H groups in total. The third-order valence-electron chi connectivity index (χ3n) is 7.10. The monoisotopic (exact) mass is 672 g/mol. The molecule has 2 rings (SSSR count). The lowest BCUT2D eigenvalue weighted by atomic mass is 9.66. The van der Waals surface area contributed by atoms with Crippen LogP contribution in [0.25, 0.3) is 0 Å². The van der Waals surface area contributed by atoms with Crippen LogP contribution in [0, 0.1) is 13.8 Å². The van der Waals surface area contributed by atoms with Gasteiger partial charge in [-0.2, -0.15) is 24.6 Å². The molecule has 0 saturated carbocycles. The van der Waals surface area contributed by atoms with Crippen molar-refractivity contribution in [2.75, 3.05) is 24.7 Å². The van der Waals surface area contributed by atoms with Crippen LogP contribution in [0.15, 0.2) is 36.4 Å². The Labute approximate surface area is 240 Å². The van der Waals surface area contributed by atoms with E-state index in [2.05, 4.69) is 29.3 Å². The van der Waals surface area contributed by atoms with Gasteiger partial charge in [0.05, 0.1) is 0 Å². The summed E-state index contributed by atoms with van der Waals surface area (Å²) in [5, 5.41) is 47.4. The second-order valence-electron chi connectivity index (χ2n) is 9.48. The molecule has 18 nitrogen and oxygen atoms in total. The van der Waals surface area contributed by atoms with Gasteiger partial charge in [-0.25, -0.2) is 0 Å². The molecule has 2 aromatic rings. The van der Waals surface area contributed by atoms with Crippen LogP contribution >= 0.6 is 29.9 Å². The molecule has 0 spiro atoms. The molecule has 42 heavy (non-hydrogen) atoms. The Morgan fingerprint density at radius 3 is 1.38 bits per heavy atom. The number of rotatable bonds is 12. The molecule has 240 valence electrons. The van der Waals surface area contributed by atoms with Gasteiger partial charge in [-0.15, -0.1) is 0 Å². The summed E-state index contributed by atoms with van der Waals surface area (Å²) in [5.74, 6) is 0. The van der Waals surface area contributed by atoms with E-state index < -0.39 is 41.1 Å². The molecule has 0 aromatic heterocycles. The summed E-state index contributed by atoms with van der Waals surface area (Å²) >= 11 is 0. The first-order chi connectivity index (χ1) is 19.1. The largest absolute Gasteiger partial charge is 0.808 e. The molecule has 0 fully saturated rings. The van der Waals surface area contributed by atoms with Crippen LogP contribution in [0.5, 0.6) is 0 Å². The Hall–Kier alpha value is -1.39. The van der Waals surface area contributed by atoms with Crippen molar-refractivity contribution in [3.8, 4) is 0 Å². The van der Waals surface area contributed by atoms with E-state index in [0.29, 0.717) is 11.3 Å². The summed E-state index contributed by atoms with van der Waals surface area (Å²) in [7, 11) is -19.0. The third kappa shape index (κ3) is 6.96. The smallest absolute Gasteiger partial charge is 0.190 e. The first-order valence-electron chi connectivity index (χ1n) is 11.6. The van der Waals surface area contributed by atoms with Crippen molar-refractivity contribution in [1.29, 1.82) is 0 Å². The van der Waals surface area contributed by atoms with Crippen molar-refractivity contribution in [1.82, 2.24) is 0 Å². The normalized spacial score (nSPS) is 20.1. The van der Waals surface area contributed by atoms with Gasteiger partial charge in [-0.05, 0) is 61.6 Å². The molecule has 24 heteroatoms. The summed E-state index contributed by atoms with van der Waals surface area (Å²) < 4.78 is 60.2. The number of hydrogen-bond acceptors (Lipinski definition) is 18. The van der Waals surface area contributed by atoms with Crippen LogP contribution in [-0.4, -0.2) is 25.3 Å². The molecule has 4 unspecified atom stereocenters. The lowest BCUT2D eigenvalue weighted by molar-refractivity contribution is -0.648. The maximum atomic E-state index is 11.9.